The molecule has 0 spiro atoms. The molecule has 3 radical (unpaired) electrons. The quantitative estimate of drug-likeness (QED) is 0.291. The van der Waals surface area contributed by atoms with Gasteiger partial charge in [0.15, 0.2) is 0 Å². The number of Topliss-reactive ketones (excluding diaryl/α,β-unsaturated/α-hetero) is 2. The van der Waals surface area contributed by atoms with Crippen molar-refractivity contribution in [3.05, 3.63) is 20.8 Å². The molecule has 0 heterocycles. The Kier molecular flexibility index (Phi) is 27.9. The topological polar surface area (TPSA) is 60.4 Å². The van der Waals surface area contributed by atoms with Crippen molar-refractivity contribution in [1.29, 1.82) is 0 Å². The van der Waals surface area contributed by atoms with Crippen LogP contribution in [0.25, 0.3) is 0 Å². The third kappa shape index (κ3) is 26.3. The van der Waals surface area contributed by atoms with Crippen LogP contribution in [-0.4, -0.2) is 23.6 Å². The molecule has 163 valence electrons. The minimum Gasteiger partial charge on any atom is -0.495 e. The Balaban J connectivity index is -0.000000130. The van der Waals surface area contributed by atoms with E-state index in [1.54, 1.807) is 6.92 Å². The molecule has 0 saturated heterocycles. The number of carbonyl (C=O) groups is 3. The van der Waals surface area contributed by atoms with Crippen LogP contribution in [0.15, 0.2) is 0 Å². The van der Waals surface area contributed by atoms with E-state index >= 15 is 0 Å². The SMILES string of the molecule is [CH2-]C(CC(C)=O)C(C)(C)C.[CH2-]C(CC(C)=O)OC(=O)CC([CH2-])C(C)(C)C.[Y].[Y].[Y]. The van der Waals surface area contributed by atoms with Gasteiger partial charge in [-0.25, -0.2) is 0 Å². The van der Waals surface area contributed by atoms with E-state index in [1.165, 1.54) is 6.92 Å². The van der Waals surface area contributed by atoms with E-state index in [0.717, 1.165) is 0 Å². The zero-order valence-electron chi connectivity index (χ0n) is 19.8. The van der Waals surface area contributed by atoms with E-state index < -0.39 is 6.10 Å². The van der Waals surface area contributed by atoms with Gasteiger partial charge in [-0.15, -0.1) is 0 Å². The van der Waals surface area contributed by atoms with Crippen LogP contribution in [0.4, 0.5) is 0 Å². The average Bonchev–Trinajstić information content (AvgIpc) is 2.34. The van der Waals surface area contributed by atoms with Crippen molar-refractivity contribution in [3.8, 4) is 0 Å². The molecule has 0 N–H and O–H groups in total. The van der Waals surface area contributed by atoms with Gasteiger partial charge in [0, 0.05) is 111 Å². The summed E-state index contributed by atoms with van der Waals surface area (Å²) >= 11 is 0. The molecular formula is C22H39O4Y3-3. The third-order valence-electron chi connectivity index (χ3n) is 4.21. The Labute approximate surface area is 255 Å². The van der Waals surface area contributed by atoms with Crippen molar-refractivity contribution in [2.45, 2.75) is 80.8 Å². The number of hydrogen-bond donors (Lipinski definition) is 0. The standard InChI is InChI=1S/C13H22O3.C9H17O.3Y/c1-9(13(4,5)6)7-12(15)16-11(3)8-10(2)14;1-7(6-8(2)10)9(3,4)5;;;/h9,11H,1,3,7-8H2,2,4-6H3;7H,1,6H2,2-5H3;;;/q-2;-1;;;. The van der Waals surface area contributed by atoms with Gasteiger partial charge in [0.2, 0.25) is 0 Å². The normalized spacial score (nSPS) is 13.6. The summed E-state index contributed by atoms with van der Waals surface area (Å²) in [4.78, 5) is 32.9. The van der Waals surface area contributed by atoms with Crippen LogP contribution < -0.4 is 0 Å². The summed E-state index contributed by atoms with van der Waals surface area (Å²) < 4.78 is 5.02. The van der Waals surface area contributed by atoms with Gasteiger partial charge >= 0.3 is 5.97 Å². The van der Waals surface area contributed by atoms with Crippen LogP contribution in [0.5, 0.6) is 0 Å². The van der Waals surface area contributed by atoms with Crippen molar-refractivity contribution in [2.24, 2.45) is 22.7 Å². The van der Waals surface area contributed by atoms with Crippen LogP contribution in [0.2, 0.25) is 0 Å². The van der Waals surface area contributed by atoms with Crippen molar-refractivity contribution in [3.63, 3.8) is 0 Å². The van der Waals surface area contributed by atoms with E-state index in [9.17, 15) is 14.4 Å². The maximum absolute atomic E-state index is 11.5. The minimum absolute atomic E-state index is 0. The summed E-state index contributed by atoms with van der Waals surface area (Å²) in [5.74, 6) is 0.0930. The smallest absolute Gasteiger partial charge is 0.301 e. The molecule has 3 unspecified atom stereocenters. The Morgan fingerprint density at radius 3 is 1.24 bits per heavy atom. The Morgan fingerprint density at radius 2 is 1.00 bits per heavy atom. The van der Waals surface area contributed by atoms with Crippen molar-refractivity contribution in [1.82, 2.24) is 0 Å². The van der Waals surface area contributed by atoms with Gasteiger partial charge in [0.25, 0.3) is 0 Å². The van der Waals surface area contributed by atoms with Gasteiger partial charge in [0.05, 0.1) is 0 Å². The molecule has 0 bridgehead atoms. The molecule has 0 amide bonds. The first-order valence-corrected chi connectivity index (χ1v) is 9.14. The second-order valence-corrected chi connectivity index (χ2v) is 9.25. The summed E-state index contributed by atoms with van der Waals surface area (Å²) in [6.07, 6.45) is 0.442. The number of hydrogen-bond acceptors (Lipinski definition) is 4. The van der Waals surface area contributed by atoms with Crippen molar-refractivity contribution >= 4 is 17.5 Å². The largest absolute Gasteiger partial charge is 0.495 e. The molecule has 0 aromatic carbocycles. The molecule has 7 heteroatoms. The molecule has 0 fully saturated rings. The summed E-state index contributed by atoms with van der Waals surface area (Å²) in [5, 5.41) is 0. The number of carbonyl (C=O) groups excluding carboxylic acids is 3. The average molecular weight is 634 g/mol. The third-order valence-corrected chi connectivity index (χ3v) is 4.21. The monoisotopic (exact) mass is 634 g/mol. The summed E-state index contributed by atoms with van der Waals surface area (Å²) in [5.41, 5.74) is 0.127. The number of ketones is 2. The van der Waals surface area contributed by atoms with Gasteiger partial charge in [-0.1, -0.05) is 52.4 Å². The molecule has 0 aliphatic heterocycles. The van der Waals surface area contributed by atoms with Crippen LogP contribution in [0.1, 0.15) is 74.7 Å². The predicted octanol–water partition coefficient (Wildman–Crippen LogP) is 5.05. The van der Waals surface area contributed by atoms with E-state index in [0.29, 0.717) is 6.42 Å². The van der Waals surface area contributed by atoms with Crippen LogP contribution in [-0.2, 0) is 117 Å². The molecule has 0 aliphatic rings. The van der Waals surface area contributed by atoms with Gasteiger partial charge < -0.3 is 30.3 Å². The minimum atomic E-state index is -0.586. The second-order valence-electron chi connectivity index (χ2n) is 9.25. The van der Waals surface area contributed by atoms with Gasteiger partial charge in [-0.05, 0) is 26.4 Å². The first-order chi connectivity index (χ1) is 11.5. The molecule has 0 aliphatic carbocycles. The Morgan fingerprint density at radius 1 is 0.690 bits per heavy atom. The molecule has 0 aromatic heterocycles. The molecule has 0 rings (SSSR count). The van der Waals surface area contributed by atoms with Crippen LogP contribution >= 0.6 is 0 Å². The Hall–Kier alpha value is 2.12. The Bertz CT molecular complexity index is 466. The molecule has 0 saturated carbocycles. The summed E-state index contributed by atoms with van der Waals surface area (Å²) in [6, 6.07) is 0. The first kappa shape index (κ1) is 41.4. The molecule has 3 atom stereocenters. The fourth-order valence-electron chi connectivity index (χ4n) is 1.76. The van der Waals surface area contributed by atoms with Crippen molar-refractivity contribution in [2.75, 3.05) is 0 Å². The van der Waals surface area contributed by atoms with Gasteiger partial charge in [-0.2, -0.15) is 11.8 Å². The first-order valence-electron chi connectivity index (χ1n) is 9.14. The van der Waals surface area contributed by atoms with Gasteiger partial charge in [-0.3, -0.25) is 9.59 Å². The molecule has 29 heavy (non-hydrogen) atoms. The maximum atomic E-state index is 11.5. The zero-order chi connectivity index (χ0) is 21.3. The van der Waals surface area contributed by atoms with E-state index in [4.69, 9.17) is 4.74 Å². The number of rotatable bonds is 7. The second kappa shape index (κ2) is 19.6. The van der Waals surface area contributed by atoms with E-state index in [1.807, 2.05) is 20.8 Å². The number of esters is 1. The van der Waals surface area contributed by atoms with E-state index in [-0.39, 0.29) is 151 Å². The fourth-order valence-corrected chi connectivity index (χ4v) is 1.76. The molecule has 0 aromatic rings. The summed E-state index contributed by atoms with van der Waals surface area (Å²) in [7, 11) is 0. The molecular weight excluding hydrogens is 595 g/mol. The van der Waals surface area contributed by atoms with Crippen LogP contribution in [0.3, 0.4) is 0 Å². The number of ether oxygens (including phenoxy) is 1. The molecule has 4 nitrogen and oxygen atoms in total. The van der Waals surface area contributed by atoms with Crippen molar-refractivity contribution < 1.29 is 117 Å². The van der Waals surface area contributed by atoms with Gasteiger partial charge in [0.1, 0.15) is 11.6 Å². The maximum Gasteiger partial charge on any atom is 0.301 e. The summed E-state index contributed by atoms with van der Waals surface area (Å²) in [6.45, 7) is 26.9. The predicted molar refractivity (Wildman–Crippen MR) is 107 cm³/mol. The zero-order valence-corrected chi connectivity index (χ0v) is 28.4. The van der Waals surface area contributed by atoms with Crippen LogP contribution in [0, 0.1) is 43.4 Å². The van der Waals surface area contributed by atoms with E-state index in [2.05, 4.69) is 41.5 Å². The fraction of sp³-hybridized carbons (Fsp3) is 0.727.